The Bertz CT molecular complexity index is 745. The normalized spacial score (nSPS) is 17.3. The molecule has 0 fully saturated rings. The Hall–Kier alpha value is -0.190. The third-order valence-electron chi connectivity index (χ3n) is 10.9. The molecule has 2 N–H and O–H groups in total. The van der Waals surface area contributed by atoms with E-state index in [4.69, 9.17) is 5.41 Å². The molecule has 0 saturated carbocycles. The van der Waals surface area contributed by atoms with E-state index in [0.717, 1.165) is 11.3 Å². The molecule has 51 heavy (non-hydrogen) atoms. The lowest BCUT2D eigenvalue weighted by Crippen LogP contribution is -2.38. The van der Waals surface area contributed by atoms with Crippen LogP contribution >= 0.6 is 22.7 Å². The second-order valence-electron chi connectivity index (χ2n) is 15.8. The maximum absolute atomic E-state index is 7.71. The summed E-state index contributed by atoms with van der Waals surface area (Å²) < 4.78 is 0. The van der Waals surface area contributed by atoms with Crippen LogP contribution < -0.4 is 5.32 Å². The molecule has 0 aliphatic carbocycles. The van der Waals surface area contributed by atoms with E-state index in [1.54, 1.807) is 6.26 Å². The predicted molar refractivity (Wildman–Crippen MR) is 246 cm³/mol. The van der Waals surface area contributed by atoms with Crippen LogP contribution in [0.25, 0.3) is 0 Å². The van der Waals surface area contributed by atoms with E-state index in [9.17, 15) is 0 Å². The van der Waals surface area contributed by atoms with Crippen molar-refractivity contribution in [2.75, 3.05) is 30.6 Å². The van der Waals surface area contributed by atoms with Gasteiger partial charge in [0.15, 0.2) is 0 Å². The Balaban J connectivity index is 0. The largest absolute Gasteiger partial charge is 0.308 e. The van der Waals surface area contributed by atoms with Crippen molar-refractivity contribution in [1.29, 1.82) is 5.41 Å². The van der Waals surface area contributed by atoms with Gasteiger partial charge in [0.1, 0.15) is 0 Å². The Morgan fingerprint density at radius 2 is 0.961 bits per heavy atom. The average molecular weight is 753 g/mol. The Kier molecular flexibility index (Phi) is 44.1. The molecule has 0 spiro atoms. The van der Waals surface area contributed by atoms with Gasteiger partial charge in [-0.1, -0.05) is 227 Å². The smallest absolute Gasteiger partial charge is 0.0377 e. The van der Waals surface area contributed by atoms with Crippen LogP contribution in [-0.2, 0) is 0 Å². The van der Waals surface area contributed by atoms with Crippen LogP contribution in [0.4, 0.5) is 0 Å². The molecule has 2 nitrogen and oxygen atoms in total. The molecule has 0 amide bonds. The van der Waals surface area contributed by atoms with Gasteiger partial charge in [-0.3, -0.25) is 0 Å². The van der Waals surface area contributed by atoms with Crippen molar-refractivity contribution in [3.8, 4) is 0 Å². The van der Waals surface area contributed by atoms with Crippen LogP contribution in [-0.4, -0.2) is 42.2 Å². The van der Waals surface area contributed by atoms with E-state index < -0.39 is 10.0 Å². The summed E-state index contributed by atoms with van der Waals surface area (Å²) in [5.41, 5.74) is 2.29. The van der Waals surface area contributed by atoms with Crippen LogP contribution in [0.1, 0.15) is 233 Å². The Morgan fingerprint density at radius 3 is 1.31 bits per heavy atom. The minimum atomic E-state index is -0.753. The van der Waals surface area contributed by atoms with Crippen LogP contribution in [0.3, 0.4) is 0 Å². The lowest BCUT2D eigenvalue weighted by molar-refractivity contribution is 0.507. The topological polar surface area (TPSA) is 35.9 Å². The van der Waals surface area contributed by atoms with Crippen molar-refractivity contribution in [2.45, 2.75) is 239 Å². The van der Waals surface area contributed by atoms with Gasteiger partial charge in [-0.25, -0.2) is 10.0 Å². The zero-order chi connectivity index (χ0) is 38.1. The molecule has 0 saturated heterocycles. The van der Waals surface area contributed by atoms with Gasteiger partial charge in [0.2, 0.25) is 0 Å². The van der Waals surface area contributed by atoms with Gasteiger partial charge in [0.25, 0.3) is 0 Å². The highest BCUT2D eigenvalue weighted by Crippen LogP contribution is 2.54. The highest BCUT2D eigenvalue weighted by Gasteiger charge is 2.31. The molecule has 306 valence electrons. The first-order valence-corrected chi connectivity index (χ1v) is 26.1. The fourth-order valence-electron chi connectivity index (χ4n) is 7.39. The van der Waals surface area contributed by atoms with Crippen molar-refractivity contribution >= 4 is 28.9 Å². The molecule has 1 heterocycles. The van der Waals surface area contributed by atoms with E-state index in [2.05, 4.69) is 64.6 Å². The summed E-state index contributed by atoms with van der Waals surface area (Å²) in [6.07, 6.45) is 53.3. The number of rotatable bonds is 35. The van der Waals surface area contributed by atoms with Crippen molar-refractivity contribution in [2.24, 2.45) is 0 Å². The van der Waals surface area contributed by atoms with E-state index in [1.807, 2.05) is 0 Å². The Labute approximate surface area is 331 Å². The number of nitrogens with one attached hydrogen (secondary N) is 2. The zero-order valence-electron chi connectivity index (χ0n) is 36.0. The van der Waals surface area contributed by atoms with Gasteiger partial charge < -0.3 is 10.7 Å². The lowest BCUT2D eigenvalue weighted by atomic mass is 10.0. The highest BCUT2D eigenvalue weighted by atomic mass is 32.3. The number of unbranched alkanes of at least 4 members (excludes halogenated alkanes) is 27. The molecule has 0 aromatic rings. The molecule has 0 aromatic carbocycles. The van der Waals surface area contributed by atoms with Crippen molar-refractivity contribution in [1.82, 2.24) is 5.32 Å². The lowest BCUT2D eigenvalue weighted by Gasteiger charge is -2.47. The number of thiol groups is 1. The molecule has 0 aromatic heterocycles. The summed E-state index contributed by atoms with van der Waals surface area (Å²) in [4.78, 5) is 0. The molecule has 4 heteroatoms. The van der Waals surface area contributed by atoms with Crippen molar-refractivity contribution in [3.63, 3.8) is 0 Å². The monoisotopic (exact) mass is 753 g/mol. The van der Waals surface area contributed by atoms with Gasteiger partial charge in [0.05, 0.1) is 0 Å². The Morgan fingerprint density at radius 1 is 0.627 bits per heavy atom. The summed E-state index contributed by atoms with van der Waals surface area (Å²) in [5.74, 6) is 2.50. The van der Waals surface area contributed by atoms with E-state index in [1.165, 1.54) is 230 Å². The standard InChI is InChI=1S/C38H74N2S.C8H18.CH4S/c1-5-7-9-11-13-14-15-16-17-18-19-20-21-22-24-26-28-32-40-38(31-27-25-23-12-10-8-6-2)41(4)33-29-30-37(35-41)36(3)34-39;1-3-5-7-8-6-4-2;1-2/h30,34,38-40H,3,5-29,31-33,35H2,1-2,4H3;3-8H2,1-2H3;2H,1H3. The van der Waals surface area contributed by atoms with Crippen molar-refractivity contribution < 1.29 is 0 Å². The number of hydrogen-bond acceptors (Lipinski definition) is 3. The summed E-state index contributed by atoms with van der Waals surface area (Å²) >= 11 is 3.53. The summed E-state index contributed by atoms with van der Waals surface area (Å²) in [7, 11) is -0.753. The van der Waals surface area contributed by atoms with Gasteiger partial charge in [-0.05, 0) is 55.2 Å². The average Bonchev–Trinajstić information content (AvgIpc) is 3.15. The molecule has 0 radical (unpaired) electrons. The first-order chi connectivity index (χ1) is 25.0. The maximum Gasteiger partial charge on any atom is 0.0377 e. The molecule has 1 aliphatic heterocycles. The number of hydrogen-bond donors (Lipinski definition) is 3. The van der Waals surface area contributed by atoms with E-state index in [-0.39, 0.29) is 0 Å². The molecule has 2 atom stereocenters. The second-order valence-corrected chi connectivity index (χ2v) is 19.8. The molecule has 2 unspecified atom stereocenters. The van der Waals surface area contributed by atoms with Gasteiger partial charge in [-0.15, -0.1) is 0 Å². The third-order valence-corrected chi connectivity index (χ3v) is 14.8. The van der Waals surface area contributed by atoms with Crippen LogP contribution in [0.15, 0.2) is 23.8 Å². The van der Waals surface area contributed by atoms with Crippen LogP contribution in [0, 0.1) is 5.41 Å². The maximum atomic E-state index is 7.71. The summed E-state index contributed by atoms with van der Waals surface area (Å²) in [6.45, 7) is 14.5. The van der Waals surface area contributed by atoms with E-state index in [0.29, 0.717) is 5.37 Å². The summed E-state index contributed by atoms with van der Waals surface area (Å²) in [5, 5.41) is 12.5. The number of allylic oxidation sites excluding steroid dienone is 2. The van der Waals surface area contributed by atoms with Crippen LogP contribution in [0.2, 0.25) is 0 Å². The van der Waals surface area contributed by atoms with Crippen LogP contribution in [0.5, 0.6) is 0 Å². The molecule has 1 aliphatic rings. The molecular formula is C47H96N2S2. The minimum Gasteiger partial charge on any atom is -0.308 e. The minimum absolute atomic E-state index is 0.668. The fraction of sp³-hybridized carbons (Fsp3) is 0.894. The predicted octanol–water partition coefficient (Wildman–Crippen LogP) is 16.6. The summed E-state index contributed by atoms with van der Waals surface area (Å²) in [6, 6.07) is 0. The quantitative estimate of drug-likeness (QED) is 0.0336. The zero-order valence-corrected chi connectivity index (χ0v) is 37.8. The third kappa shape index (κ3) is 34.1. The molecule has 1 rings (SSSR count). The fourth-order valence-corrected chi connectivity index (χ4v) is 10.9. The SMILES string of the molecule is C=C(C=N)C1=CCCS(C)(C(CCCCCCCCC)NCCCCCCCCCCCCCCCCCCC)C1.CCCCCCCC.CS. The molecular weight excluding hydrogens is 657 g/mol. The van der Waals surface area contributed by atoms with Crippen molar-refractivity contribution in [3.05, 3.63) is 23.8 Å². The second kappa shape index (κ2) is 42.6. The molecule has 0 bridgehead atoms. The van der Waals surface area contributed by atoms with E-state index >= 15 is 0 Å². The first kappa shape index (κ1) is 52.9. The van der Waals surface area contributed by atoms with Gasteiger partial charge >= 0.3 is 0 Å². The highest BCUT2D eigenvalue weighted by molar-refractivity contribution is 8.33. The first-order valence-electron chi connectivity index (χ1n) is 22.8. The van der Waals surface area contributed by atoms with Gasteiger partial charge in [0, 0.05) is 17.3 Å². The van der Waals surface area contributed by atoms with Gasteiger partial charge in [-0.2, -0.15) is 12.6 Å².